The number of aromatic amines is 1. The average Bonchev–Trinajstić information content (AvgIpc) is 3.38. The SMILES string of the molecule is N#Cc1c(C2(c3ccc(Cl)cc3)CC2)nn2c(=O)c3cc(F)ccc3[nH]c12. The molecule has 0 radical (unpaired) electrons. The summed E-state index contributed by atoms with van der Waals surface area (Å²) in [5.41, 5.74) is 1.86. The average molecular weight is 379 g/mol. The molecule has 0 bridgehead atoms. The van der Waals surface area contributed by atoms with Crippen molar-refractivity contribution >= 4 is 28.2 Å². The maximum absolute atomic E-state index is 13.6. The molecule has 7 heteroatoms. The summed E-state index contributed by atoms with van der Waals surface area (Å²) in [5, 5.41) is 15.1. The van der Waals surface area contributed by atoms with Gasteiger partial charge in [-0.3, -0.25) is 4.79 Å². The van der Waals surface area contributed by atoms with Crippen molar-refractivity contribution in [1.82, 2.24) is 14.6 Å². The van der Waals surface area contributed by atoms with Crippen molar-refractivity contribution in [3.63, 3.8) is 0 Å². The highest BCUT2D eigenvalue weighted by Gasteiger charge is 2.50. The minimum absolute atomic E-state index is 0.192. The summed E-state index contributed by atoms with van der Waals surface area (Å²) in [6.45, 7) is 0. The lowest BCUT2D eigenvalue weighted by Gasteiger charge is -2.13. The summed E-state index contributed by atoms with van der Waals surface area (Å²) >= 11 is 6.00. The van der Waals surface area contributed by atoms with Crippen molar-refractivity contribution in [2.24, 2.45) is 0 Å². The van der Waals surface area contributed by atoms with Crippen LogP contribution < -0.4 is 5.56 Å². The predicted molar refractivity (Wildman–Crippen MR) is 99.5 cm³/mol. The number of hydrogen-bond acceptors (Lipinski definition) is 3. The van der Waals surface area contributed by atoms with Crippen molar-refractivity contribution in [3.8, 4) is 6.07 Å². The zero-order valence-corrected chi connectivity index (χ0v) is 14.7. The largest absolute Gasteiger partial charge is 0.338 e. The van der Waals surface area contributed by atoms with E-state index in [2.05, 4.69) is 16.2 Å². The molecule has 5 nitrogen and oxygen atoms in total. The first kappa shape index (κ1) is 16.0. The number of nitrogens with one attached hydrogen (secondary N) is 1. The van der Waals surface area contributed by atoms with Crippen molar-refractivity contribution in [2.45, 2.75) is 18.3 Å². The number of H-pyrrole nitrogens is 1. The van der Waals surface area contributed by atoms with Crippen LogP contribution in [0.3, 0.4) is 0 Å². The molecular formula is C20H12ClFN4O. The van der Waals surface area contributed by atoms with Crippen molar-refractivity contribution in [2.75, 3.05) is 0 Å². The van der Waals surface area contributed by atoms with Gasteiger partial charge in [-0.15, -0.1) is 0 Å². The monoisotopic (exact) mass is 378 g/mol. The Labute approximate surface area is 157 Å². The van der Waals surface area contributed by atoms with Gasteiger partial charge in [0.2, 0.25) is 0 Å². The molecule has 0 saturated heterocycles. The number of hydrogen-bond donors (Lipinski definition) is 1. The van der Waals surface area contributed by atoms with Gasteiger partial charge in [-0.25, -0.2) is 4.39 Å². The van der Waals surface area contributed by atoms with Crippen LogP contribution in [0.25, 0.3) is 16.6 Å². The van der Waals surface area contributed by atoms with Gasteiger partial charge in [0.05, 0.1) is 16.6 Å². The van der Waals surface area contributed by atoms with Gasteiger partial charge in [0.25, 0.3) is 5.56 Å². The van der Waals surface area contributed by atoms with E-state index in [1.54, 1.807) is 12.1 Å². The van der Waals surface area contributed by atoms with E-state index in [4.69, 9.17) is 11.6 Å². The molecule has 2 heterocycles. The molecule has 0 amide bonds. The Balaban J connectivity index is 1.82. The van der Waals surface area contributed by atoms with Crippen LogP contribution in [0.5, 0.6) is 0 Å². The number of rotatable bonds is 2. The van der Waals surface area contributed by atoms with Gasteiger partial charge in [0.1, 0.15) is 17.4 Å². The number of nitrogens with zero attached hydrogens (tertiary/aromatic N) is 3. The van der Waals surface area contributed by atoms with E-state index < -0.39 is 16.8 Å². The van der Waals surface area contributed by atoms with Crippen LogP contribution in [0.2, 0.25) is 5.02 Å². The molecule has 4 aromatic rings. The van der Waals surface area contributed by atoms with Crippen molar-refractivity contribution < 1.29 is 4.39 Å². The normalized spacial score (nSPS) is 15.1. The Morgan fingerprint density at radius 2 is 1.96 bits per heavy atom. The zero-order chi connectivity index (χ0) is 18.8. The number of nitriles is 1. The first-order valence-corrected chi connectivity index (χ1v) is 8.82. The third-order valence-electron chi connectivity index (χ3n) is 5.25. The van der Waals surface area contributed by atoms with Gasteiger partial charge in [-0.1, -0.05) is 23.7 Å². The first-order chi connectivity index (χ1) is 13.0. The van der Waals surface area contributed by atoms with Gasteiger partial charge in [0, 0.05) is 10.4 Å². The maximum atomic E-state index is 13.6. The van der Waals surface area contributed by atoms with Crippen LogP contribution in [-0.2, 0) is 5.41 Å². The second-order valence-corrected chi connectivity index (χ2v) is 7.24. The summed E-state index contributed by atoms with van der Waals surface area (Å²) < 4.78 is 14.7. The molecule has 1 aliphatic rings. The van der Waals surface area contributed by atoms with E-state index in [1.807, 2.05) is 12.1 Å². The summed E-state index contributed by atoms with van der Waals surface area (Å²) in [4.78, 5) is 15.9. The molecule has 1 fully saturated rings. The fraction of sp³-hybridized carbons (Fsp3) is 0.150. The summed E-state index contributed by atoms with van der Waals surface area (Å²) in [6.07, 6.45) is 1.66. The van der Waals surface area contributed by atoms with Gasteiger partial charge < -0.3 is 4.98 Å². The third-order valence-corrected chi connectivity index (χ3v) is 5.51. The lowest BCUT2D eigenvalue weighted by Crippen LogP contribution is -2.17. The molecule has 0 spiro atoms. The summed E-state index contributed by atoms with van der Waals surface area (Å²) in [5.74, 6) is -0.500. The van der Waals surface area contributed by atoms with Crippen molar-refractivity contribution in [1.29, 1.82) is 5.26 Å². The molecule has 1 saturated carbocycles. The standard InChI is InChI=1S/C20H12ClFN4O/c21-12-3-1-11(2-4-12)20(7-8-20)17-15(10-23)18-24-16-6-5-13(22)9-14(16)19(27)26(18)25-17/h1-6,9,24H,7-8H2. The van der Waals surface area contributed by atoms with Crippen LogP contribution in [0.1, 0.15) is 29.7 Å². The van der Waals surface area contributed by atoms with Gasteiger partial charge in [0.15, 0.2) is 5.65 Å². The fourth-order valence-electron chi connectivity index (χ4n) is 3.72. The van der Waals surface area contributed by atoms with Crippen LogP contribution in [-0.4, -0.2) is 14.6 Å². The highest BCUT2D eigenvalue weighted by atomic mass is 35.5. The van der Waals surface area contributed by atoms with E-state index in [9.17, 15) is 14.4 Å². The van der Waals surface area contributed by atoms with E-state index >= 15 is 0 Å². The molecule has 0 unspecified atom stereocenters. The molecule has 132 valence electrons. The minimum atomic E-state index is -0.500. The number of aromatic nitrogens is 3. The Kier molecular flexibility index (Phi) is 3.22. The lowest BCUT2D eigenvalue weighted by atomic mass is 9.90. The first-order valence-electron chi connectivity index (χ1n) is 8.44. The quantitative estimate of drug-likeness (QED) is 0.574. The van der Waals surface area contributed by atoms with E-state index in [0.717, 1.165) is 18.4 Å². The van der Waals surface area contributed by atoms with Crippen LogP contribution >= 0.6 is 11.6 Å². The molecule has 2 aromatic carbocycles. The Bertz CT molecular complexity index is 1330. The van der Waals surface area contributed by atoms with Crippen LogP contribution in [0, 0.1) is 17.1 Å². The number of halogens is 2. The molecular weight excluding hydrogens is 367 g/mol. The predicted octanol–water partition coefficient (Wildman–Crippen LogP) is 3.92. The maximum Gasteiger partial charge on any atom is 0.282 e. The molecule has 1 N–H and O–H groups in total. The number of benzene rings is 2. The molecule has 27 heavy (non-hydrogen) atoms. The molecule has 0 aliphatic heterocycles. The lowest BCUT2D eigenvalue weighted by molar-refractivity contribution is 0.629. The topological polar surface area (TPSA) is 74.0 Å². The molecule has 0 atom stereocenters. The molecule has 5 rings (SSSR count). The fourth-order valence-corrected chi connectivity index (χ4v) is 3.85. The third kappa shape index (κ3) is 2.22. The Morgan fingerprint density at radius 3 is 2.63 bits per heavy atom. The van der Waals surface area contributed by atoms with Crippen LogP contribution in [0.15, 0.2) is 47.3 Å². The van der Waals surface area contributed by atoms with E-state index in [1.165, 1.54) is 22.7 Å². The molecule has 1 aliphatic carbocycles. The smallest absolute Gasteiger partial charge is 0.282 e. The van der Waals surface area contributed by atoms with Gasteiger partial charge >= 0.3 is 0 Å². The minimum Gasteiger partial charge on any atom is -0.338 e. The number of fused-ring (bicyclic) bond motifs is 2. The van der Waals surface area contributed by atoms with E-state index in [0.29, 0.717) is 27.4 Å². The highest BCUT2D eigenvalue weighted by Crippen LogP contribution is 2.54. The Morgan fingerprint density at radius 1 is 1.22 bits per heavy atom. The van der Waals surface area contributed by atoms with Gasteiger partial charge in [-0.2, -0.15) is 14.9 Å². The van der Waals surface area contributed by atoms with Gasteiger partial charge in [-0.05, 0) is 48.7 Å². The highest BCUT2D eigenvalue weighted by molar-refractivity contribution is 6.30. The molecule has 2 aromatic heterocycles. The Hall–Kier alpha value is -3.17. The van der Waals surface area contributed by atoms with E-state index in [-0.39, 0.29) is 5.39 Å². The van der Waals surface area contributed by atoms with Crippen molar-refractivity contribution in [3.05, 3.63) is 80.5 Å². The zero-order valence-electron chi connectivity index (χ0n) is 14.0. The second-order valence-electron chi connectivity index (χ2n) is 6.80. The van der Waals surface area contributed by atoms with Crippen LogP contribution in [0.4, 0.5) is 4.39 Å². The summed E-state index contributed by atoms with van der Waals surface area (Å²) in [6, 6.07) is 13.6. The second kappa shape index (κ2) is 5.41. The summed E-state index contributed by atoms with van der Waals surface area (Å²) in [7, 11) is 0.